The Morgan fingerprint density at radius 3 is 1.64 bits per heavy atom. The summed E-state index contributed by atoms with van der Waals surface area (Å²) in [6.45, 7) is 8.66. The first-order valence-corrected chi connectivity index (χ1v) is 38.4. The van der Waals surface area contributed by atoms with Crippen molar-refractivity contribution < 1.29 is 82.4 Å². The van der Waals surface area contributed by atoms with Gasteiger partial charge in [-0.25, -0.2) is 4.98 Å². The smallest absolute Gasteiger partial charge is 0.317 e. The van der Waals surface area contributed by atoms with Crippen LogP contribution < -0.4 is 64.6 Å². The number of primary amides is 2. The molecule has 1 aliphatic rings. The van der Waals surface area contributed by atoms with E-state index in [1.165, 1.54) is 42.9 Å². The number of hydrogen-bond acceptors (Lipinski definition) is 20. The number of imidazole rings is 1. The molecule has 1 fully saturated rings. The van der Waals surface area contributed by atoms with E-state index in [1.807, 2.05) is 17.9 Å². The summed E-state index contributed by atoms with van der Waals surface area (Å²) in [5, 5.41) is 58.4. The van der Waals surface area contributed by atoms with Crippen LogP contribution in [0.4, 0.5) is 0 Å². The van der Waals surface area contributed by atoms with Crippen LogP contribution in [0.25, 0.3) is 10.9 Å². The molecule has 111 heavy (non-hydrogen) atoms. The highest BCUT2D eigenvalue weighted by Crippen LogP contribution is 2.19. The lowest BCUT2D eigenvalue weighted by atomic mass is 10.0. The largest absolute Gasteiger partial charge is 0.508 e. The first-order valence-electron chi connectivity index (χ1n) is 37.5. The van der Waals surface area contributed by atoms with Gasteiger partial charge in [-0.3, -0.25) is 81.8 Å². The molecule has 0 radical (unpaired) electrons. The second-order valence-corrected chi connectivity index (χ2v) is 29.1. The number of carboxylic acid groups (broad SMARTS) is 2. The number of thiophene rings is 1. The van der Waals surface area contributed by atoms with Crippen LogP contribution in [-0.4, -0.2) is 248 Å². The fraction of sp³-hybridized carbons (Fsp3) is 0.533. The van der Waals surface area contributed by atoms with Crippen molar-refractivity contribution >= 4 is 105 Å². The lowest BCUT2D eigenvalue weighted by Crippen LogP contribution is -2.59. The number of fused-ring (bicyclic) bond motifs is 1. The highest BCUT2D eigenvalue weighted by atomic mass is 32.1. The number of nitrogens with one attached hydrogen (secondary N) is 12. The fourth-order valence-corrected chi connectivity index (χ4v) is 13.1. The van der Waals surface area contributed by atoms with E-state index in [1.54, 1.807) is 77.6 Å². The van der Waals surface area contributed by atoms with E-state index < -0.39 is 138 Å². The van der Waals surface area contributed by atoms with Crippen molar-refractivity contribution in [3.05, 3.63) is 106 Å². The maximum atomic E-state index is 14.6. The van der Waals surface area contributed by atoms with Crippen molar-refractivity contribution in [1.82, 2.24) is 82.8 Å². The average molecular weight is 1570 g/mol. The van der Waals surface area contributed by atoms with Gasteiger partial charge < -0.3 is 89.9 Å². The minimum atomic E-state index is -1.54. The fourth-order valence-electron chi connectivity index (χ4n) is 12.4. The Labute approximate surface area is 647 Å². The summed E-state index contributed by atoms with van der Waals surface area (Å²) >= 11 is 1.35. The SMILES string of the molecule is CCCC[C@H](NC(=O)[C@H](Cc1cccs1)NC(=O)[C@H](Cc1cnc[nH]1)NC(=O)CCNC(=O)[C@@H](NC(=O)[C@H](C)NC(=O)[C@H](Cc1cc2ccccc2[nH]1)NC(=O)[C@H](CCC(N)=O)NC(=O)[C@@H](Cc1ccc(O)cc1)NC(=O)CCCCCCCNC(=O)CN1CCN(CC(=O)O)CCN(CC(=O)O)CC1)C(C)C)C(N)=O. The van der Waals surface area contributed by atoms with Crippen LogP contribution >= 0.6 is 11.3 Å². The molecule has 1 saturated heterocycles. The summed E-state index contributed by atoms with van der Waals surface area (Å²) in [7, 11) is 0. The number of carboxylic acids is 2. The minimum absolute atomic E-state index is 0.00443. The van der Waals surface area contributed by atoms with Gasteiger partial charge in [0.2, 0.25) is 70.9 Å². The van der Waals surface area contributed by atoms with Gasteiger partial charge in [0.15, 0.2) is 0 Å². The number of aromatic hydroxyl groups is 1. The number of phenols is 1. The molecular formula is C75H108N18O17S. The zero-order valence-electron chi connectivity index (χ0n) is 63.3. The summed E-state index contributed by atoms with van der Waals surface area (Å²) in [5.41, 5.74) is 13.4. The monoisotopic (exact) mass is 1560 g/mol. The van der Waals surface area contributed by atoms with Crippen LogP contribution in [0.1, 0.15) is 127 Å². The number of phenolic OH excluding ortho intramolecular Hbond substituents is 1. The summed E-state index contributed by atoms with van der Waals surface area (Å²) in [4.78, 5) is 203. The second kappa shape index (κ2) is 46.6. The number of unbranched alkanes of at least 4 members (excludes halogenated alkanes) is 5. The third-order valence-corrected chi connectivity index (χ3v) is 19.5. The van der Waals surface area contributed by atoms with Gasteiger partial charge >= 0.3 is 11.9 Å². The van der Waals surface area contributed by atoms with Gasteiger partial charge in [-0.15, -0.1) is 11.3 Å². The molecule has 36 heteroatoms. The van der Waals surface area contributed by atoms with Gasteiger partial charge in [-0.05, 0) is 85.2 Å². The van der Waals surface area contributed by atoms with Crippen molar-refractivity contribution in [2.24, 2.45) is 17.4 Å². The Kier molecular flexibility index (Phi) is 37.4. The summed E-state index contributed by atoms with van der Waals surface area (Å²) in [6.07, 6.45) is 6.12. The number of aromatic amines is 2. The van der Waals surface area contributed by atoms with Crippen LogP contribution in [0.5, 0.6) is 5.75 Å². The molecule has 6 rings (SSSR count). The minimum Gasteiger partial charge on any atom is -0.508 e. The van der Waals surface area contributed by atoms with Crippen LogP contribution in [0.3, 0.4) is 0 Å². The van der Waals surface area contributed by atoms with Gasteiger partial charge in [-0.2, -0.15) is 0 Å². The molecule has 5 aromatic rings. The molecular weight excluding hydrogens is 1460 g/mol. The number of nitrogens with zero attached hydrogens (tertiary/aromatic N) is 4. The Morgan fingerprint density at radius 1 is 0.514 bits per heavy atom. The number of carbonyl (C=O) groups excluding carboxylic acids is 12. The van der Waals surface area contributed by atoms with Crippen LogP contribution in [0.15, 0.2) is 84.6 Å². The number of carbonyl (C=O) groups is 14. The maximum Gasteiger partial charge on any atom is 0.317 e. The van der Waals surface area contributed by atoms with Crippen molar-refractivity contribution in [3.8, 4) is 5.75 Å². The van der Waals surface area contributed by atoms with E-state index >= 15 is 0 Å². The van der Waals surface area contributed by atoms with Crippen LogP contribution in [-0.2, 0) is 92.8 Å². The average Bonchev–Trinajstić information content (AvgIpc) is 1.62. The molecule has 4 heterocycles. The quantitative estimate of drug-likeness (QED) is 0.0218. The molecule has 35 nitrogen and oxygen atoms in total. The third kappa shape index (κ3) is 32.7. The highest BCUT2D eigenvalue weighted by molar-refractivity contribution is 7.09. The third-order valence-electron chi connectivity index (χ3n) is 18.6. The first kappa shape index (κ1) is 89.0. The number of aromatic nitrogens is 3. The molecule has 8 atom stereocenters. The van der Waals surface area contributed by atoms with Crippen molar-refractivity contribution in [2.75, 3.05) is 72.0 Å². The zero-order chi connectivity index (χ0) is 80.9. The van der Waals surface area contributed by atoms with E-state index in [-0.39, 0.29) is 89.2 Å². The predicted octanol–water partition coefficient (Wildman–Crippen LogP) is -0.524. The zero-order valence-corrected chi connectivity index (χ0v) is 64.1. The number of benzene rings is 2. The number of hydrogen-bond donors (Lipinski definition) is 17. The van der Waals surface area contributed by atoms with E-state index in [0.29, 0.717) is 107 Å². The van der Waals surface area contributed by atoms with Gasteiger partial charge in [0.05, 0.1) is 26.0 Å². The number of nitrogens with two attached hydrogens (primary N) is 2. The molecule has 12 amide bonds. The van der Waals surface area contributed by atoms with E-state index in [4.69, 9.17) is 11.5 Å². The Hall–Kier alpha value is -10.8. The van der Waals surface area contributed by atoms with Crippen molar-refractivity contribution in [3.63, 3.8) is 0 Å². The number of H-pyrrole nitrogens is 2. The molecule has 19 N–H and O–H groups in total. The summed E-state index contributed by atoms with van der Waals surface area (Å²) < 4.78 is 0. The van der Waals surface area contributed by atoms with E-state index in [0.717, 1.165) is 16.7 Å². The molecule has 2 aromatic carbocycles. The molecule has 0 bridgehead atoms. The van der Waals surface area contributed by atoms with Crippen molar-refractivity contribution in [2.45, 2.75) is 179 Å². The number of amides is 12. The molecule has 3 aromatic heterocycles. The Bertz CT molecular complexity index is 3830. The summed E-state index contributed by atoms with van der Waals surface area (Å²) in [6, 6.07) is 8.08. The van der Waals surface area contributed by atoms with Gasteiger partial charge in [0.1, 0.15) is 54.1 Å². The molecule has 1 aliphatic heterocycles. The topological polar surface area (TPSA) is 526 Å². The Morgan fingerprint density at radius 2 is 1.06 bits per heavy atom. The molecule has 0 unspecified atom stereocenters. The van der Waals surface area contributed by atoms with E-state index in [2.05, 4.69) is 68.1 Å². The second-order valence-electron chi connectivity index (χ2n) is 28.0. The molecule has 606 valence electrons. The lowest BCUT2D eigenvalue weighted by Gasteiger charge is -2.27. The number of aliphatic carboxylic acids is 2. The normalized spacial score (nSPS) is 15.0. The summed E-state index contributed by atoms with van der Waals surface area (Å²) in [5.74, 6) is -11.1. The lowest BCUT2D eigenvalue weighted by molar-refractivity contribution is -0.140. The first-order chi connectivity index (χ1) is 53.0. The predicted molar refractivity (Wildman–Crippen MR) is 410 cm³/mol. The number of para-hydroxylation sites is 1. The van der Waals surface area contributed by atoms with E-state index in [9.17, 15) is 82.4 Å². The standard InChI is InChI=1S/C75H108N18O17S/c1-5-6-17-55(68(77)103)86-74(109)60(40-53-16-14-35-111-53)89-73(108)58(39-51-41-78-45-81-51)85-63(97)26-28-80-75(110)67(46(2)3)90-69(104)47(4)82-71(106)59(38-50-37-49-15-11-12-18-54(49)83-50)88-70(105)56(24-25-61(76)95)87-72(107)57(36-48-20-22-52(94)23-21-48)84-62(96)19-10-8-7-9-13-27-79-64(98)42-91-29-31-92(43-65(99)100)33-34-93(32-30-91)44-66(101)102/h11-12,14-16,18,20-23,35,37,41,45-47,55-60,67,83,94H,5-10,13,17,19,24-34,36,38-40,42-44H2,1-4H3,(H2,76,95)(H2,77,103)(H,78,81)(H,79,98)(H,80,110)(H,82,106)(H,84,96)(H,85,97)(H,86,109)(H,87,107)(H,88,105)(H,89,108)(H,90,104)(H,99,100)(H,101,102)/t47-,55-,56-,57+,58-,59-,60-,67-/m0/s1. The van der Waals surface area contributed by atoms with Crippen molar-refractivity contribution in [1.29, 1.82) is 0 Å². The maximum absolute atomic E-state index is 14.6. The Balaban J connectivity index is 1.05. The van der Waals surface area contributed by atoms with Crippen LogP contribution in [0, 0.1) is 5.92 Å². The molecule has 0 spiro atoms. The van der Waals surface area contributed by atoms with Crippen LogP contribution in [0.2, 0.25) is 0 Å². The molecule has 0 aliphatic carbocycles. The molecule has 0 saturated carbocycles. The van der Waals surface area contributed by atoms with Gasteiger partial charge in [0, 0.05) is 125 Å². The van der Waals surface area contributed by atoms with Gasteiger partial charge in [0.25, 0.3) is 0 Å². The highest BCUT2D eigenvalue weighted by Gasteiger charge is 2.35. The van der Waals surface area contributed by atoms with Gasteiger partial charge in [-0.1, -0.05) is 89.3 Å². The number of rotatable bonds is 48.